The van der Waals surface area contributed by atoms with Gasteiger partial charge in [0.15, 0.2) is 0 Å². The van der Waals surface area contributed by atoms with Crippen LogP contribution in [0.2, 0.25) is 0 Å². The lowest BCUT2D eigenvalue weighted by Crippen LogP contribution is -2.13. The highest BCUT2D eigenvalue weighted by Crippen LogP contribution is 2.29. The number of primary sulfonamides is 1. The van der Waals surface area contributed by atoms with Gasteiger partial charge in [0, 0.05) is 16.6 Å². The lowest BCUT2D eigenvalue weighted by molar-refractivity contribution is -0.385. The molecule has 0 saturated heterocycles. The van der Waals surface area contributed by atoms with Crippen LogP contribution in [0.15, 0.2) is 21.5 Å². The zero-order chi connectivity index (χ0) is 11.8. The number of nitrogens with two attached hydrogens (primary N) is 1. The predicted octanol–water partition coefficient (Wildman–Crippen LogP) is 1.31. The SMILES string of the molecule is Cc1cc([N+](=O)[O-])cc(S(N)(=O)=O)c1Br. The first kappa shape index (κ1) is 12.1. The van der Waals surface area contributed by atoms with Crippen LogP contribution in [0.25, 0.3) is 0 Å². The minimum Gasteiger partial charge on any atom is -0.258 e. The van der Waals surface area contributed by atoms with E-state index in [1.54, 1.807) is 6.92 Å². The Balaban J connectivity index is 3.59. The van der Waals surface area contributed by atoms with E-state index in [4.69, 9.17) is 5.14 Å². The highest BCUT2D eigenvalue weighted by atomic mass is 79.9. The first-order valence-corrected chi connectivity index (χ1v) is 6.04. The highest BCUT2D eigenvalue weighted by Gasteiger charge is 2.19. The van der Waals surface area contributed by atoms with Crippen molar-refractivity contribution in [2.45, 2.75) is 11.8 Å². The normalized spacial score (nSPS) is 11.4. The van der Waals surface area contributed by atoms with Crippen LogP contribution >= 0.6 is 15.9 Å². The van der Waals surface area contributed by atoms with Crippen molar-refractivity contribution in [3.05, 3.63) is 32.3 Å². The van der Waals surface area contributed by atoms with E-state index >= 15 is 0 Å². The number of hydrogen-bond acceptors (Lipinski definition) is 4. The van der Waals surface area contributed by atoms with Gasteiger partial charge in [-0.25, -0.2) is 13.6 Å². The van der Waals surface area contributed by atoms with Crippen LogP contribution in [0.3, 0.4) is 0 Å². The summed E-state index contributed by atoms with van der Waals surface area (Å²) in [6.45, 7) is 1.55. The molecule has 0 atom stereocenters. The zero-order valence-electron chi connectivity index (χ0n) is 7.60. The predicted molar refractivity (Wildman–Crippen MR) is 56.9 cm³/mol. The third kappa shape index (κ3) is 2.52. The van der Waals surface area contributed by atoms with Crippen molar-refractivity contribution in [1.29, 1.82) is 0 Å². The van der Waals surface area contributed by atoms with Crippen molar-refractivity contribution in [2.24, 2.45) is 5.14 Å². The van der Waals surface area contributed by atoms with Gasteiger partial charge in [-0.1, -0.05) is 0 Å². The summed E-state index contributed by atoms with van der Waals surface area (Å²) in [6, 6.07) is 2.19. The van der Waals surface area contributed by atoms with E-state index < -0.39 is 14.9 Å². The van der Waals surface area contributed by atoms with E-state index in [1.807, 2.05) is 0 Å². The van der Waals surface area contributed by atoms with Gasteiger partial charge >= 0.3 is 0 Å². The molecule has 1 aromatic carbocycles. The first-order valence-electron chi connectivity index (χ1n) is 3.71. The molecule has 82 valence electrons. The smallest absolute Gasteiger partial charge is 0.258 e. The van der Waals surface area contributed by atoms with E-state index in [0.29, 0.717) is 5.56 Å². The number of nitrogens with zero attached hydrogens (tertiary/aromatic N) is 1. The topological polar surface area (TPSA) is 103 Å². The van der Waals surface area contributed by atoms with Gasteiger partial charge in [-0.15, -0.1) is 0 Å². The molecule has 6 nitrogen and oxygen atoms in total. The maximum absolute atomic E-state index is 11.1. The summed E-state index contributed by atoms with van der Waals surface area (Å²) in [6.07, 6.45) is 0. The van der Waals surface area contributed by atoms with Gasteiger partial charge in [0.25, 0.3) is 5.69 Å². The minimum absolute atomic E-state index is 0.246. The molecule has 1 rings (SSSR count). The third-order valence-electron chi connectivity index (χ3n) is 1.72. The Morgan fingerprint density at radius 1 is 1.47 bits per heavy atom. The third-order valence-corrected chi connectivity index (χ3v) is 3.97. The summed E-state index contributed by atoms with van der Waals surface area (Å²) in [5.41, 5.74) is 0.132. The molecule has 0 amide bonds. The summed E-state index contributed by atoms with van der Waals surface area (Å²) in [5.74, 6) is 0. The maximum Gasteiger partial charge on any atom is 0.271 e. The summed E-state index contributed by atoms with van der Waals surface area (Å²) >= 11 is 3.02. The number of benzene rings is 1. The number of rotatable bonds is 2. The lowest BCUT2D eigenvalue weighted by Gasteiger charge is -2.04. The summed E-state index contributed by atoms with van der Waals surface area (Å²) in [5, 5.41) is 15.4. The van der Waals surface area contributed by atoms with E-state index in [1.165, 1.54) is 6.07 Å². The van der Waals surface area contributed by atoms with Gasteiger partial charge in [-0.05, 0) is 28.4 Å². The van der Waals surface area contributed by atoms with Gasteiger partial charge in [0.05, 0.1) is 4.92 Å². The molecule has 0 saturated carbocycles. The van der Waals surface area contributed by atoms with Gasteiger partial charge in [0.2, 0.25) is 10.0 Å². The van der Waals surface area contributed by atoms with Crippen molar-refractivity contribution in [1.82, 2.24) is 0 Å². The van der Waals surface area contributed by atoms with Crippen molar-refractivity contribution >= 4 is 31.6 Å². The molecule has 2 N–H and O–H groups in total. The molecule has 0 spiro atoms. The fraction of sp³-hybridized carbons (Fsp3) is 0.143. The van der Waals surface area contributed by atoms with Crippen LogP contribution in [0, 0.1) is 17.0 Å². The quantitative estimate of drug-likeness (QED) is 0.656. The van der Waals surface area contributed by atoms with E-state index in [0.717, 1.165) is 6.07 Å². The Labute approximate surface area is 94.4 Å². The number of non-ortho nitro benzene ring substituents is 1. The number of sulfonamides is 1. The molecule has 0 aliphatic carbocycles. The second kappa shape index (κ2) is 3.87. The molecule has 15 heavy (non-hydrogen) atoms. The number of hydrogen-bond donors (Lipinski definition) is 1. The number of aryl methyl sites for hydroxylation is 1. The van der Waals surface area contributed by atoms with Crippen molar-refractivity contribution < 1.29 is 13.3 Å². The molecule has 8 heteroatoms. The Morgan fingerprint density at radius 3 is 2.40 bits per heavy atom. The molecule has 0 heterocycles. The standard InChI is InChI=1S/C7H7BrN2O4S/c1-4-2-5(10(11)12)3-6(7(4)8)15(9,13)14/h2-3H,1H3,(H2,9,13,14). The van der Waals surface area contributed by atoms with Gasteiger partial charge < -0.3 is 0 Å². The molecule has 0 aliphatic rings. The summed E-state index contributed by atoms with van der Waals surface area (Å²) < 4.78 is 22.5. The molecule has 0 unspecified atom stereocenters. The molecule has 0 radical (unpaired) electrons. The Hall–Kier alpha value is -0.990. The minimum atomic E-state index is -3.96. The number of nitro groups is 1. The maximum atomic E-state index is 11.1. The van der Waals surface area contributed by atoms with E-state index in [-0.39, 0.29) is 15.1 Å². The monoisotopic (exact) mass is 294 g/mol. The molecular formula is C7H7BrN2O4S. The average molecular weight is 295 g/mol. The van der Waals surface area contributed by atoms with E-state index in [9.17, 15) is 18.5 Å². The van der Waals surface area contributed by atoms with Crippen LogP contribution in [-0.2, 0) is 10.0 Å². The summed E-state index contributed by atoms with van der Waals surface area (Å²) in [7, 11) is -3.96. The molecular weight excluding hydrogens is 288 g/mol. The second-order valence-electron chi connectivity index (χ2n) is 2.88. The molecule has 1 aromatic rings. The van der Waals surface area contributed by atoms with Crippen LogP contribution in [0.1, 0.15) is 5.56 Å². The van der Waals surface area contributed by atoms with Crippen molar-refractivity contribution in [3.63, 3.8) is 0 Å². The average Bonchev–Trinajstić information content (AvgIpc) is 2.06. The molecule has 0 fully saturated rings. The number of halogens is 1. The number of nitro benzene ring substituents is 1. The second-order valence-corrected chi connectivity index (χ2v) is 5.20. The molecule has 0 bridgehead atoms. The van der Waals surface area contributed by atoms with Crippen LogP contribution in [-0.4, -0.2) is 13.3 Å². The van der Waals surface area contributed by atoms with Crippen molar-refractivity contribution in [2.75, 3.05) is 0 Å². The summed E-state index contributed by atoms with van der Waals surface area (Å²) in [4.78, 5) is 9.54. The largest absolute Gasteiger partial charge is 0.271 e. The van der Waals surface area contributed by atoms with Crippen LogP contribution in [0.4, 0.5) is 5.69 Å². The highest BCUT2D eigenvalue weighted by molar-refractivity contribution is 9.10. The molecule has 0 aliphatic heterocycles. The Kier molecular flexibility index (Phi) is 3.12. The Bertz CT molecular complexity index is 526. The fourth-order valence-electron chi connectivity index (χ4n) is 1.03. The van der Waals surface area contributed by atoms with Crippen LogP contribution in [0.5, 0.6) is 0 Å². The molecule has 0 aromatic heterocycles. The Morgan fingerprint density at radius 2 is 2.00 bits per heavy atom. The lowest BCUT2D eigenvalue weighted by atomic mass is 10.2. The van der Waals surface area contributed by atoms with E-state index in [2.05, 4.69) is 15.9 Å². The van der Waals surface area contributed by atoms with Crippen LogP contribution < -0.4 is 5.14 Å². The zero-order valence-corrected chi connectivity index (χ0v) is 10.0. The van der Waals surface area contributed by atoms with Gasteiger partial charge in [-0.3, -0.25) is 10.1 Å². The van der Waals surface area contributed by atoms with Crippen molar-refractivity contribution in [3.8, 4) is 0 Å². The fourth-order valence-corrected chi connectivity index (χ4v) is 2.63. The van der Waals surface area contributed by atoms with Gasteiger partial charge in [0.1, 0.15) is 4.90 Å². The first-order chi connectivity index (χ1) is 6.73. The van der Waals surface area contributed by atoms with Gasteiger partial charge in [-0.2, -0.15) is 0 Å².